The van der Waals surface area contributed by atoms with Gasteiger partial charge in [-0.25, -0.2) is 0 Å². The molecule has 5 rings (SSSR count). The fourth-order valence-electron chi connectivity index (χ4n) is 8.90. The van der Waals surface area contributed by atoms with Gasteiger partial charge in [-0.3, -0.25) is 4.79 Å². The van der Waals surface area contributed by atoms with Crippen LogP contribution in [0.15, 0.2) is 11.6 Å². The van der Waals surface area contributed by atoms with E-state index in [1.807, 2.05) is 6.08 Å². The molecule has 5 aliphatic carbocycles. The minimum Gasteiger partial charge on any atom is -0.396 e. The lowest BCUT2D eigenvalue weighted by atomic mass is 9.45. The summed E-state index contributed by atoms with van der Waals surface area (Å²) in [4.78, 5) is 12.0. The van der Waals surface area contributed by atoms with Crippen LogP contribution >= 0.6 is 0 Å². The first-order chi connectivity index (χ1) is 12.8. The Labute approximate surface area is 163 Å². The van der Waals surface area contributed by atoms with Crippen molar-refractivity contribution in [3.05, 3.63) is 11.6 Å². The Morgan fingerprint density at radius 2 is 1.81 bits per heavy atom. The third-order valence-corrected chi connectivity index (χ3v) is 10.3. The van der Waals surface area contributed by atoms with E-state index >= 15 is 0 Å². The van der Waals surface area contributed by atoms with Crippen molar-refractivity contribution in [2.75, 3.05) is 6.61 Å². The summed E-state index contributed by atoms with van der Waals surface area (Å²) >= 11 is 0. The fraction of sp³-hybridized carbons (Fsp3) is 0.875. The van der Waals surface area contributed by atoms with E-state index in [2.05, 4.69) is 13.8 Å². The molecule has 4 saturated carbocycles. The SMILES string of the molecule is C[C@]12CCC(=O)C=C1CC[C@@H]1[C@@H]2CC[C@@]2(C)[C@H]1C1CC[C@@H]1[C@@]2(O)CCCO. The molecule has 0 heterocycles. The molecule has 1 unspecified atom stereocenters. The average molecular weight is 373 g/mol. The van der Waals surface area contributed by atoms with Crippen molar-refractivity contribution >= 4 is 5.78 Å². The molecule has 3 heteroatoms. The van der Waals surface area contributed by atoms with Crippen LogP contribution in [0.4, 0.5) is 0 Å². The van der Waals surface area contributed by atoms with Crippen LogP contribution in [0.1, 0.15) is 78.1 Å². The molecule has 4 fully saturated rings. The average Bonchev–Trinajstić information content (AvgIpc) is 2.74. The number of hydrogen-bond acceptors (Lipinski definition) is 3. The van der Waals surface area contributed by atoms with Crippen LogP contribution in [0.2, 0.25) is 0 Å². The van der Waals surface area contributed by atoms with Gasteiger partial charge in [0, 0.05) is 13.0 Å². The zero-order chi connectivity index (χ0) is 19.0. The van der Waals surface area contributed by atoms with E-state index < -0.39 is 5.60 Å². The number of hydrogen-bond donors (Lipinski definition) is 2. The minimum absolute atomic E-state index is 0.0111. The second-order valence-electron chi connectivity index (χ2n) is 10.9. The number of fused-ring (bicyclic) bond motifs is 7. The van der Waals surface area contributed by atoms with E-state index in [-0.39, 0.29) is 17.4 Å². The second-order valence-corrected chi connectivity index (χ2v) is 10.9. The highest BCUT2D eigenvalue weighted by Gasteiger charge is 2.72. The van der Waals surface area contributed by atoms with Crippen molar-refractivity contribution in [3.8, 4) is 0 Å². The molecule has 0 amide bonds. The summed E-state index contributed by atoms with van der Waals surface area (Å²) in [5.74, 6) is 3.50. The number of carbonyl (C=O) groups is 1. The van der Waals surface area contributed by atoms with Crippen LogP contribution in [-0.2, 0) is 4.79 Å². The predicted molar refractivity (Wildman–Crippen MR) is 105 cm³/mol. The third-order valence-electron chi connectivity index (χ3n) is 10.3. The maximum atomic E-state index is 12.0. The van der Waals surface area contributed by atoms with Gasteiger partial charge < -0.3 is 10.2 Å². The summed E-state index contributed by atoms with van der Waals surface area (Å²) in [5.41, 5.74) is 1.08. The third kappa shape index (κ3) is 2.19. The zero-order valence-electron chi connectivity index (χ0n) is 17.0. The van der Waals surface area contributed by atoms with E-state index in [1.54, 1.807) is 0 Å². The summed E-state index contributed by atoms with van der Waals surface area (Å²) in [6, 6.07) is 0. The Morgan fingerprint density at radius 3 is 2.52 bits per heavy atom. The quantitative estimate of drug-likeness (QED) is 0.778. The van der Waals surface area contributed by atoms with Gasteiger partial charge in [0.1, 0.15) is 0 Å². The van der Waals surface area contributed by atoms with Crippen LogP contribution in [0.3, 0.4) is 0 Å². The minimum atomic E-state index is -0.576. The van der Waals surface area contributed by atoms with E-state index in [9.17, 15) is 15.0 Å². The molecule has 27 heavy (non-hydrogen) atoms. The van der Waals surface area contributed by atoms with Gasteiger partial charge in [-0.15, -0.1) is 0 Å². The Bertz CT molecular complexity index is 683. The molecule has 0 bridgehead atoms. The number of rotatable bonds is 3. The molecular weight excluding hydrogens is 336 g/mol. The Morgan fingerprint density at radius 1 is 1.04 bits per heavy atom. The number of ketones is 1. The van der Waals surface area contributed by atoms with Crippen molar-refractivity contribution in [2.45, 2.75) is 83.7 Å². The summed E-state index contributed by atoms with van der Waals surface area (Å²) in [5, 5.41) is 21.3. The van der Waals surface area contributed by atoms with Crippen molar-refractivity contribution < 1.29 is 15.0 Å². The number of aliphatic hydroxyl groups excluding tert-OH is 1. The highest BCUT2D eigenvalue weighted by atomic mass is 16.3. The number of allylic oxidation sites excluding steroid dienone is 1. The van der Waals surface area contributed by atoms with Gasteiger partial charge in [0.15, 0.2) is 5.78 Å². The lowest BCUT2D eigenvalue weighted by molar-refractivity contribution is -0.145. The first kappa shape index (κ1) is 18.4. The first-order valence-electron chi connectivity index (χ1n) is 11.4. The number of carbonyl (C=O) groups excluding carboxylic acids is 1. The van der Waals surface area contributed by atoms with Crippen molar-refractivity contribution in [3.63, 3.8) is 0 Å². The van der Waals surface area contributed by atoms with Gasteiger partial charge in [-0.2, -0.15) is 0 Å². The normalized spacial score (nSPS) is 53.6. The van der Waals surface area contributed by atoms with Crippen molar-refractivity contribution in [1.82, 2.24) is 0 Å². The lowest BCUT2D eigenvalue weighted by Crippen LogP contribution is -2.55. The Hall–Kier alpha value is -0.670. The van der Waals surface area contributed by atoms with E-state index in [0.29, 0.717) is 35.4 Å². The van der Waals surface area contributed by atoms with Gasteiger partial charge in [-0.1, -0.05) is 19.4 Å². The van der Waals surface area contributed by atoms with Gasteiger partial charge >= 0.3 is 0 Å². The van der Waals surface area contributed by atoms with Gasteiger partial charge in [-0.05, 0) is 104 Å². The second kappa shape index (κ2) is 5.92. The topological polar surface area (TPSA) is 57.5 Å². The van der Waals surface area contributed by atoms with Crippen LogP contribution < -0.4 is 0 Å². The summed E-state index contributed by atoms with van der Waals surface area (Å²) in [6.07, 6.45) is 12.3. The molecular formula is C24H36O3. The highest BCUT2D eigenvalue weighted by Crippen LogP contribution is 2.74. The molecule has 0 aliphatic heterocycles. The molecule has 0 saturated heterocycles. The summed E-state index contributed by atoms with van der Waals surface area (Å²) in [7, 11) is 0. The van der Waals surface area contributed by atoms with Crippen LogP contribution in [0, 0.1) is 40.4 Å². The van der Waals surface area contributed by atoms with Crippen molar-refractivity contribution in [2.24, 2.45) is 40.4 Å². The molecule has 0 aromatic heterocycles. The van der Waals surface area contributed by atoms with Crippen LogP contribution in [-0.4, -0.2) is 28.2 Å². The molecule has 5 aliphatic rings. The van der Waals surface area contributed by atoms with Gasteiger partial charge in [0.25, 0.3) is 0 Å². The lowest BCUT2D eigenvalue weighted by Gasteiger charge is -2.59. The van der Waals surface area contributed by atoms with E-state index in [4.69, 9.17) is 0 Å². The maximum absolute atomic E-state index is 12.0. The first-order valence-corrected chi connectivity index (χ1v) is 11.4. The molecule has 3 nitrogen and oxygen atoms in total. The highest BCUT2D eigenvalue weighted by molar-refractivity contribution is 5.91. The van der Waals surface area contributed by atoms with Crippen molar-refractivity contribution in [1.29, 1.82) is 0 Å². The molecule has 0 spiro atoms. The van der Waals surface area contributed by atoms with Crippen LogP contribution in [0.25, 0.3) is 0 Å². The number of aliphatic hydroxyl groups is 2. The predicted octanol–water partition coefficient (Wildman–Crippen LogP) is 4.27. The van der Waals surface area contributed by atoms with E-state index in [1.165, 1.54) is 31.3 Å². The molecule has 2 N–H and O–H groups in total. The zero-order valence-corrected chi connectivity index (χ0v) is 17.0. The van der Waals surface area contributed by atoms with Crippen LogP contribution in [0.5, 0.6) is 0 Å². The fourth-order valence-corrected chi connectivity index (χ4v) is 8.90. The molecule has 8 atom stereocenters. The molecule has 0 aromatic carbocycles. The summed E-state index contributed by atoms with van der Waals surface area (Å²) < 4.78 is 0. The Balaban J connectivity index is 1.51. The monoisotopic (exact) mass is 372 g/mol. The maximum Gasteiger partial charge on any atom is 0.155 e. The van der Waals surface area contributed by atoms with Gasteiger partial charge in [0.2, 0.25) is 0 Å². The molecule has 0 aromatic rings. The Kier molecular flexibility index (Phi) is 4.03. The molecule has 150 valence electrons. The summed E-state index contributed by atoms with van der Waals surface area (Å²) in [6.45, 7) is 5.02. The standard InChI is InChI=1S/C24H36O3/c1-22-11-8-16(26)14-15(22)4-5-17-19(22)9-12-23(2)21(17)18-6-7-20(18)24(23,27)10-3-13-25/h14,17-21,25,27H,3-13H2,1-2H3/t17-,18?,19+,20+,21-,22+,23+,24+/m1/s1. The molecule has 0 radical (unpaired) electrons. The smallest absolute Gasteiger partial charge is 0.155 e. The van der Waals surface area contributed by atoms with E-state index in [0.717, 1.165) is 38.5 Å². The van der Waals surface area contributed by atoms with Gasteiger partial charge in [0.05, 0.1) is 5.60 Å². The largest absolute Gasteiger partial charge is 0.396 e.